The van der Waals surface area contributed by atoms with E-state index in [1.165, 1.54) is 89.9 Å². The molecule has 0 bridgehead atoms. The maximum Gasteiger partial charge on any atom is 1.00 e. The minimum absolute atomic E-state index is 0. The Hall–Kier alpha value is 0.870. The van der Waals surface area contributed by atoms with Gasteiger partial charge in [-0.15, -0.1) is 0 Å². The Labute approximate surface area is 210 Å². The van der Waals surface area contributed by atoms with E-state index in [4.69, 9.17) is 0 Å². The van der Waals surface area contributed by atoms with Crippen molar-refractivity contribution in [2.75, 3.05) is 5.75 Å². The van der Waals surface area contributed by atoms with Gasteiger partial charge in [0, 0.05) is 5.75 Å². The Balaban J connectivity index is 0. The largest absolute Gasteiger partial charge is 1.00 e. The number of hydrogen-bond donors (Lipinski definition) is 1. The minimum atomic E-state index is -4.02. The molecule has 0 aromatic carbocycles. The first-order chi connectivity index (χ1) is 14.0. The molecule has 0 radical (unpaired) electrons. The van der Waals surface area contributed by atoms with E-state index in [-0.39, 0.29) is 41.4 Å². The van der Waals surface area contributed by atoms with E-state index in [1.54, 1.807) is 0 Å². The van der Waals surface area contributed by atoms with E-state index in [1.807, 2.05) is 0 Å². The first-order valence-electron chi connectivity index (χ1n) is 12.6. The molecule has 0 aromatic rings. The summed E-state index contributed by atoms with van der Waals surface area (Å²) in [4.78, 5) is 0. The molecule has 0 heterocycles. The summed E-state index contributed by atoms with van der Waals surface area (Å²) in [7, 11) is -4.02. The summed E-state index contributed by atoms with van der Waals surface area (Å²) < 4.78 is 31.5. The van der Waals surface area contributed by atoms with Crippen LogP contribution < -0.4 is 29.6 Å². The van der Waals surface area contributed by atoms with Crippen LogP contribution in [0.4, 0.5) is 0 Å². The molecule has 176 valence electrons. The van der Waals surface area contributed by atoms with E-state index in [0.717, 1.165) is 38.5 Å². The summed E-state index contributed by atoms with van der Waals surface area (Å²) in [6, 6.07) is 0. The predicted octanol–water partition coefficient (Wildman–Crippen LogP) is 4.11. The molecular weight excluding hydrogens is 407 g/mol. The van der Waals surface area contributed by atoms with Crippen LogP contribution in [-0.4, -0.2) is 29.9 Å². The third-order valence-corrected chi connectivity index (χ3v) is 6.61. The van der Waals surface area contributed by atoms with Crippen LogP contribution in [0.1, 0.15) is 142 Å². The van der Waals surface area contributed by atoms with Gasteiger partial charge in [0.25, 0.3) is 0 Å². The van der Waals surface area contributed by atoms with Crippen molar-refractivity contribution < 1.29 is 47.6 Å². The van der Waals surface area contributed by atoms with Crippen LogP contribution in [0, 0.1) is 0 Å². The van der Waals surface area contributed by atoms with Crippen molar-refractivity contribution in [1.82, 2.24) is 0 Å². The number of hydrogen-bond acceptors (Lipinski definition) is 4. The van der Waals surface area contributed by atoms with Gasteiger partial charge < -0.3 is 9.66 Å². The normalized spacial score (nSPS) is 12.6. The van der Waals surface area contributed by atoms with Crippen molar-refractivity contribution in [2.45, 2.75) is 148 Å². The van der Waals surface area contributed by atoms with Crippen LogP contribution in [0.2, 0.25) is 0 Å². The molecule has 0 saturated heterocycles. The smallest absolute Gasteiger partial charge is 0.748 e. The molecule has 0 spiro atoms. The first kappa shape index (κ1) is 33.0. The fourth-order valence-corrected chi connectivity index (χ4v) is 4.47. The van der Waals surface area contributed by atoms with Crippen LogP contribution in [0.15, 0.2) is 0 Å². The summed E-state index contributed by atoms with van der Waals surface area (Å²) in [5.74, 6) is -0.214. The average Bonchev–Trinajstić information content (AvgIpc) is 2.66. The second-order valence-electron chi connectivity index (χ2n) is 8.86. The molecule has 0 aromatic heterocycles. The van der Waals surface area contributed by atoms with E-state index < -0.39 is 10.1 Å². The van der Waals surface area contributed by atoms with E-state index in [2.05, 4.69) is 6.92 Å². The summed E-state index contributed by atoms with van der Waals surface area (Å²) in [6.45, 7) is 2.26. The third-order valence-electron chi connectivity index (χ3n) is 5.82. The van der Waals surface area contributed by atoms with Gasteiger partial charge in [-0.05, 0) is 19.3 Å². The Morgan fingerprint density at radius 1 is 0.600 bits per heavy atom. The van der Waals surface area contributed by atoms with Crippen LogP contribution in [-0.2, 0) is 10.1 Å². The van der Waals surface area contributed by atoms with Gasteiger partial charge in [-0.3, -0.25) is 0 Å². The fourth-order valence-electron chi connectivity index (χ4n) is 3.91. The van der Waals surface area contributed by atoms with Crippen LogP contribution in [0.25, 0.3) is 0 Å². The summed E-state index contributed by atoms with van der Waals surface area (Å²) in [5.41, 5.74) is 0. The Morgan fingerprint density at radius 2 is 0.900 bits per heavy atom. The van der Waals surface area contributed by atoms with Crippen molar-refractivity contribution in [3.8, 4) is 0 Å². The zero-order valence-corrected chi connectivity index (χ0v) is 23.0. The predicted molar refractivity (Wildman–Crippen MR) is 123 cm³/mol. The van der Waals surface area contributed by atoms with Crippen molar-refractivity contribution in [3.63, 3.8) is 0 Å². The molecular formula is C24H49NaO4S. The molecule has 1 unspecified atom stereocenters. The molecule has 6 heteroatoms. The van der Waals surface area contributed by atoms with Gasteiger partial charge in [0.1, 0.15) is 0 Å². The molecule has 1 atom stereocenters. The van der Waals surface area contributed by atoms with Gasteiger partial charge in [-0.1, -0.05) is 122 Å². The van der Waals surface area contributed by atoms with Crippen LogP contribution in [0.5, 0.6) is 0 Å². The van der Waals surface area contributed by atoms with Crippen molar-refractivity contribution in [3.05, 3.63) is 0 Å². The average molecular weight is 457 g/mol. The quantitative estimate of drug-likeness (QED) is 0.143. The Bertz CT molecular complexity index is 429. The van der Waals surface area contributed by atoms with E-state index in [0.29, 0.717) is 6.42 Å². The second kappa shape index (κ2) is 24.5. The number of aliphatic hydroxyl groups is 1. The van der Waals surface area contributed by atoms with Gasteiger partial charge >= 0.3 is 29.6 Å². The van der Waals surface area contributed by atoms with Crippen molar-refractivity contribution >= 4 is 10.1 Å². The molecule has 30 heavy (non-hydrogen) atoms. The molecule has 0 amide bonds. The van der Waals surface area contributed by atoms with Gasteiger partial charge in [0.15, 0.2) is 0 Å². The summed E-state index contributed by atoms with van der Waals surface area (Å²) >= 11 is 0. The van der Waals surface area contributed by atoms with E-state index in [9.17, 15) is 18.1 Å². The Kier molecular flexibility index (Phi) is 27.0. The SMILES string of the molecule is CCCCCCCCCCCCC(O)CCCCCCCCCCCS(=O)(=O)[O-].[Na+]. The second-order valence-corrected chi connectivity index (χ2v) is 10.4. The number of aliphatic hydroxyl groups excluding tert-OH is 1. The fraction of sp³-hybridized carbons (Fsp3) is 1.00. The molecule has 0 saturated carbocycles. The van der Waals surface area contributed by atoms with E-state index >= 15 is 0 Å². The zero-order valence-electron chi connectivity index (χ0n) is 20.2. The summed E-state index contributed by atoms with van der Waals surface area (Å²) in [6.07, 6.45) is 24.7. The number of rotatable bonds is 23. The third kappa shape index (κ3) is 28.9. The van der Waals surface area contributed by atoms with Crippen LogP contribution in [0.3, 0.4) is 0 Å². The zero-order chi connectivity index (χ0) is 21.6. The maximum atomic E-state index is 10.5. The molecule has 0 aliphatic carbocycles. The van der Waals surface area contributed by atoms with Gasteiger partial charge in [0.05, 0.1) is 16.2 Å². The molecule has 4 nitrogen and oxygen atoms in total. The molecule has 0 aliphatic rings. The topological polar surface area (TPSA) is 77.4 Å². The molecule has 0 fully saturated rings. The first-order valence-corrected chi connectivity index (χ1v) is 14.1. The van der Waals surface area contributed by atoms with Gasteiger partial charge in [0.2, 0.25) is 0 Å². The molecule has 1 N–H and O–H groups in total. The van der Waals surface area contributed by atoms with Crippen molar-refractivity contribution in [2.24, 2.45) is 0 Å². The van der Waals surface area contributed by atoms with Crippen molar-refractivity contribution in [1.29, 1.82) is 0 Å². The standard InChI is InChI=1S/C24H50O4S.Na/c1-2-3-4-5-6-7-9-12-15-18-21-24(25)22-19-16-13-10-8-11-14-17-20-23-29(26,27)28;/h24-25H,2-23H2,1H3,(H,26,27,28);/q;+1/p-1. The van der Waals surface area contributed by atoms with Gasteiger partial charge in [-0.2, -0.15) is 0 Å². The molecule has 0 aliphatic heterocycles. The summed E-state index contributed by atoms with van der Waals surface area (Å²) in [5, 5.41) is 10.1. The van der Waals surface area contributed by atoms with Crippen LogP contribution >= 0.6 is 0 Å². The van der Waals surface area contributed by atoms with Gasteiger partial charge in [-0.25, -0.2) is 8.42 Å². The monoisotopic (exact) mass is 456 g/mol. The Morgan fingerprint density at radius 3 is 1.23 bits per heavy atom. The maximum absolute atomic E-state index is 10.5. The minimum Gasteiger partial charge on any atom is -0.748 e. The number of unbranched alkanes of at least 4 members (excludes halogenated alkanes) is 17. The molecule has 0 rings (SSSR count).